The maximum atomic E-state index is 14.3. The monoisotopic (exact) mass is 589 g/mol. The van der Waals surface area contributed by atoms with E-state index in [1.165, 1.54) is 0 Å². The summed E-state index contributed by atoms with van der Waals surface area (Å²) in [5.41, 5.74) is 5.22. The van der Waals surface area contributed by atoms with Crippen LogP contribution < -0.4 is 9.62 Å². The van der Waals surface area contributed by atoms with Gasteiger partial charge in [-0.1, -0.05) is 79.9 Å². The largest absolute Gasteiger partial charge is 0.352 e. The summed E-state index contributed by atoms with van der Waals surface area (Å²) in [6.07, 6.45) is 6.57. The Balaban J connectivity index is 1.74. The summed E-state index contributed by atoms with van der Waals surface area (Å²) in [4.78, 5) is 29.9. The van der Waals surface area contributed by atoms with Crippen LogP contribution in [0.2, 0.25) is 0 Å². The zero-order chi connectivity index (χ0) is 30.3. The Labute approximate surface area is 251 Å². The predicted molar refractivity (Wildman–Crippen MR) is 169 cm³/mol. The van der Waals surface area contributed by atoms with E-state index in [9.17, 15) is 18.0 Å². The molecule has 1 N–H and O–H groups in total. The van der Waals surface area contributed by atoms with E-state index in [-0.39, 0.29) is 18.5 Å². The summed E-state index contributed by atoms with van der Waals surface area (Å²) in [5.74, 6) is -0.633. The summed E-state index contributed by atoms with van der Waals surface area (Å²) in [6, 6.07) is 22.1. The lowest BCUT2D eigenvalue weighted by Crippen LogP contribution is -2.55. The van der Waals surface area contributed by atoms with Gasteiger partial charge in [0.15, 0.2) is 0 Å². The lowest BCUT2D eigenvalue weighted by Gasteiger charge is -2.35. The third kappa shape index (κ3) is 8.22. The molecule has 1 aliphatic carbocycles. The molecule has 0 saturated heterocycles. The van der Waals surface area contributed by atoms with Crippen LogP contribution in [0.25, 0.3) is 0 Å². The number of sulfonamides is 1. The number of hydrogen-bond acceptors (Lipinski definition) is 4. The maximum Gasteiger partial charge on any atom is 0.244 e. The first-order chi connectivity index (χ1) is 20.0. The fraction of sp³-hybridized carbons (Fsp3) is 0.412. The smallest absolute Gasteiger partial charge is 0.244 e. The highest BCUT2D eigenvalue weighted by Gasteiger charge is 2.34. The van der Waals surface area contributed by atoms with E-state index in [1.807, 2.05) is 81.4 Å². The van der Waals surface area contributed by atoms with Gasteiger partial charge in [0.1, 0.15) is 12.6 Å². The molecule has 1 saturated carbocycles. The molecule has 224 valence electrons. The van der Waals surface area contributed by atoms with Gasteiger partial charge in [0.25, 0.3) is 0 Å². The molecule has 1 atom stereocenters. The molecule has 7 nitrogen and oxygen atoms in total. The highest BCUT2D eigenvalue weighted by molar-refractivity contribution is 7.92. The molecule has 42 heavy (non-hydrogen) atoms. The minimum atomic E-state index is -3.80. The number of benzene rings is 3. The number of rotatable bonds is 11. The van der Waals surface area contributed by atoms with Crippen LogP contribution in [-0.4, -0.2) is 50.0 Å². The minimum Gasteiger partial charge on any atom is -0.352 e. The van der Waals surface area contributed by atoms with Gasteiger partial charge in [0.2, 0.25) is 21.8 Å². The van der Waals surface area contributed by atoms with E-state index >= 15 is 0 Å². The van der Waals surface area contributed by atoms with Crippen molar-refractivity contribution in [1.29, 1.82) is 0 Å². The van der Waals surface area contributed by atoms with Gasteiger partial charge < -0.3 is 10.2 Å². The number of nitrogens with one attached hydrogen (secondary N) is 1. The molecule has 0 heterocycles. The van der Waals surface area contributed by atoms with Crippen LogP contribution in [0.15, 0.2) is 72.8 Å². The first-order valence-corrected chi connectivity index (χ1v) is 16.6. The molecule has 3 aromatic rings. The van der Waals surface area contributed by atoms with Crippen LogP contribution >= 0.6 is 0 Å². The standard InChI is InChI=1S/C34H43N3O4S/c1-25-19-20-31(21-27(25)3)37(42(4,40)41)24-33(38)36(23-29-16-12-11-13-26(29)2)32(22-28-14-7-5-8-15-28)34(39)35-30-17-9-6-10-18-30/h5,7-8,11-16,19-21,30,32H,6,9-10,17-18,22-24H2,1-4H3,(H,35,39). The van der Waals surface area contributed by atoms with Crippen LogP contribution in [-0.2, 0) is 32.6 Å². The van der Waals surface area contributed by atoms with Crippen molar-refractivity contribution in [3.63, 3.8) is 0 Å². The number of hydrogen-bond donors (Lipinski definition) is 1. The van der Waals surface area contributed by atoms with Gasteiger partial charge in [0, 0.05) is 19.0 Å². The molecular formula is C34H43N3O4S. The third-order valence-electron chi connectivity index (χ3n) is 8.28. The Kier molecular flexibility index (Phi) is 10.4. The molecule has 1 unspecified atom stereocenters. The Hall–Kier alpha value is -3.65. The molecule has 3 aromatic carbocycles. The molecule has 0 aromatic heterocycles. The lowest BCUT2D eigenvalue weighted by atomic mass is 9.94. The highest BCUT2D eigenvalue weighted by Crippen LogP contribution is 2.24. The Morgan fingerprint density at radius 1 is 0.857 bits per heavy atom. The van der Waals surface area contributed by atoms with Crippen molar-refractivity contribution in [2.24, 2.45) is 0 Å². The van der Waals surface area contributed by atoms with Gasteiger partial charge in [-0.05, 0) is 73.6 Å². The molecule has 1 fully saturated rings. The second-order valence-corrected chi connectivity index (χ2v) is 13.4. The van der Waals surface area contributed by atoms with Crippen molar-refractivity contribution in [3.05, 3.63) is 101 Å². The molecular weight excluding hydrogens is 546 g/mol. The SMILES string of the molecule is Cc1ccc(N(CC(=O)N(Cc2ccccc2C)C(Cc2ccccc2)C(=O)NC2CCCCC2)S(C)(=O)=O)cc1C. The van der Waals surface area contributed by atoms with Crippen LogP contribution in [0.5, 0.6) is 0 Å². The summed E-state index contributed by atoms with van der Waals surface area (Å²) in [6.45, 7) is 5.63. The lowest BCUT2D eigenvalue weighted by molar-refractivity contribution is -0.140. The zero-order valence-corrected chi connectivity index (χ0v) is 26.0. The van der Waals surface area contributed by atoms with E-state index in [4.69, 9.17) is 0 Å². The number of carbonyl (C=O) groups is 2. The average Bonchev–Trinajstić information content (AvgIpc) is 2.96. The number of nitrogens with zero attached hydrogens (tertiary/aromatic N) is 2. The Morgan fingerprint density at radius 3 is 2.17 bits per heavy atom. The van der Waals surface area contributed by atoms with Crippen LogP contribution in [0.4, 0.5) is 5.69 Å². The second kappa shape index (κ2) is 14.0. The quantitative estimate of drug-likeness (QED) is 0.322. The fourth-order valence-corrected chi connectivity index (χ4v) is 6.41. The average molecular weight is 590 g/mol. The molecule has 2 amide bonds. The van der Waals surface area contributed by atoms with Crippen LogP contribution in [0, 0.1) is 20.8 Å². The first kappa shape index (κ1) is 31.3. The van der Waals surface area contributed by atoms with Crippen molar-refractivity contribution in [2.75, 3.05) is 17.1 Å². The van der Waals surface area contributed by atoms with Gasteiger partial charge in [-0.2, -0.15) is 0 Å². The number of carbonyl (C=O) groups excluding carboxylic acids is 2. The van der Waals surface area contributed by atoms with E-state index in [0.29, 0.717) is 12.1 Å². The number of anilines is 1. The van der Waals surface area contributed by atoms with Crippen molar-refractivity contribution < 1.29 is 18.0 Å². The van der Waals surface area contributed by atoms with Gasteiger partial charge in [-0.15, -0.1) is 0 Å². The normalized spacial score (nSPS) is 14.7. The molecule has 0 spiro atoms. The summed E-state index contributed by atoms with van der Waals surface area (Å²) >= 11 is 0. The van der Waals surface area contributed by atoms with Crippen molar-refractivity contribution in [1.82, 2.24) is 10.2 Å². The zero-order valence-electron chi connectivity index (χ0n) is 25.2. The molecule has 0 aliphatic heterocycles. The Morgan fingerprint density at radius 2 is 1.52 bits per heavy atom. The molecule has 1 aliphatic rings. The predicted octanol–water partition coefficient (Wildman–Crippen LogP) is 5.47. The van der Waals surface area contributed by atoms with Gasteiger partial charge in [-0.25, -0.2) is 8.42 Å². The Bertz CT molecular complexity index is 1480. The topological polar surface area (TPSA) is 86.8 Å². The number of aryl methyl sites for hydroxylation is 3. The van der Waals surface area contributed by atoms with E-state index in [0.717, 1.165) is 70.5 Å². The third-order valence-corrected chi connectivity index (χ3v) is 9.42. The van der Waals surface area contributed by atoms with E-state index < -0.39 is 28.5 Å². The molecule has 0 radical (unpaired) electrons. The van der Waals surface area contributed by atoms with Gasteiger partial charge in [-0.3, -0.25) is 13.9 Å². The molecule has 0 bridgehead atoms. The van der Waals surface area contributed by atoms with Gasteiger partial charge >= 0.3 is 0 Å². The maximum absolute atomic E-state index is 14.3. The van der Waals surface area contributed by atoms with Crippen LogP contribution in [0.1, 0.15) is 59.9 Å². The highest BCUT2D eigenvalue weighted by atomic mass is 32.2. The van der Waals surface area contributed by atoms with Crippen molar-refractivity contribution >= 4 is 27.5 Å². The first-order valence-electron chi connectivity index (χ1n) is 14.8. The van der Waals surface area contributed by atoms with Gasteiger partial charge in [0.05, 0.1) is 11.9 Å². The minimum absolute atomic E-state index is 0.0722. The molecule has 8 heteroatoms. The van der Waals surface area contributed by atoms with Crippen LogP contribution in [0.3, 0.4) is 0 Å². The van der Waals surface area contributed by atoms with Crippen molar-refractivity contribution in [3.8, 4) is 0 Å². The summed E-state index contributed by atoms with van der Waals surface area (Å²) < 4.78 is 27.2. The van der Waals surface area contributed by atoms with E-state index in [2.05, 4.69) is 5.32 Å². The van der Waals surface area contributed by atoms with Crippen molar-refractivity contribution in [2.45, 2.75) is 77.9 Å². The van der Waals surface area contributed by atoms with E-state index in [1.54, 1.807) is 17.0 Å². The number of amides is 2. The molecule has 4 rings (SSSR count). The summed E-state index contributed by atoms with van der Waals surface area (Å²) in [7, 11) is -3.80. The fourth-order valence-electron chi connectivity index (χ4n) is 5.56. The summed E-state index contributed by atoms with van der Waals surface area (Å²) in [5, 5.41) is 3.24. The second-order valence-electron chi connectivity index (χ2n) is 11.5.